The number of aromatic hydroxyl groups is 2. The molecule has 0 radical (unpaired) electrons. The van der Waals surface area contributed by atoms with E-state index in [0.717, 1.165) is 24.8 Å². The van der Waals surface area contributed by atoms with Crippen molar-refractivity contribution in [3.05, 3.63) is 22.8 Å². The fourth-order valence-corrected chi connectivity index (χ4v) is 5.19. The molecule has 0 saturated heterocycles. The van der Waals surface area contributed by atoms with Crippen molar-refractivity contribution in [2.24, 2.45) is 11.3 Å². The second kappa shape index (κ2) is 5.38. The van der Waals surface area contributed by atoms with Gasteiger partial charge in [0.2, 0.25) is 0 Å². The van der Waals surface area contributed by atoms with Gasteiger partial charge in [-0.1, -0.05) is 20.3 Å². The predicted octanol–water partition coefficient (Wildman–Crippen LogP) is 3.25. The number of benzene rings is 1. The minimum absolute atomic E-state index is 0.0913. The van der Waals surface area contributed by atoms with Crippen LogP contribution in [0.15, 0.2) is 6.07 Å². The van der Waals surface area contributed by atoms with Crippen LogP contribution in [0.4, 0.5) is 0 Å². The molecule has 1 saturated carbocycles. The molecule has 3 rings (SSSR count). The van der Waals surface area contributed by atoms with Crippen LogP contribution in [0.25, 0.3) is 0 Å². The maximum atomic E-state index is 12.4. The number of aryl methyl sites for hydroxylation is 1. The van der Waals surface area contributed by atoms with E-state index in [0.29, 0.717) is 18.4 Å². The summed E-state index contributed by atoms with van der Waals surface area (Å²) in [5.74, 6) is -1.78. The number of aliphatic hydroxyl groups excluding tert-OH is 1. The SMILES string of the molecule is CC(O)c1cc2c(c(O)c1O)[C@@]1(C(=O)O)CCCC(C)(C)C1CC2. The number of carbonyl (C=O) groups is 1. The van der Waals surface area contributed by atoms with Crippen molar-refractivity contribution < 1.29 is 25.2 Å². The number of aliphatic hydroxyl groups is 1. The van der Waals surface area contributed by atoms with Gasteiger partial charge in [-0.05, 0) is 55.6 Å². The number of carboxylic acids is 1. The summed E-state index contributed by atoms with van der Waals surface area (Å²) in [6.45, 7) is 5.71. The molecule has 0 bridgehead atoms. The number of phenolic OH excluding ortho intramolecular Hbond substituents is 2. The zero-order valence-electron chi connectivity index (χ0n) is 14.5. The predicted molar refractivity (Wildman–Crippen MR) is 89.2 cm³/mol. The number of rotatable bonds is 2. The number of hydrogen-bond acceptors (Lipinski definition) is 4. The second-order valence-corrected chi connectivity index (χ2v) is 8.08. The molecular formula is C19H26O5. The molecular weight excluding hydrogens is 308 g/mol. The van der Waals surface area contributed by atoms with Gasteiger partial charge >= 0.3 is 5.97 Å². The average Bonchev–Trinajstić information content (AvgIpc) is 2.49. The molecule has 2 aliphatic carbocycles. The summed E-state index contributed by atoms with van der Waals surface area (Å²) in [6.07, 6.45) is 2.64. The summed E-state index contributed by atoms with van der Waals surface area (Å²) in [5, 5.41) is 41.0. The van der Waals surface area contributed by atoms with Crippen LogP contribution in [0, 0.1) is 11.3 Å². The van der Waals surface area contributed by atoms with Crippen molar-refractivity contribution in [3.8, 4) is 11.5 Å². The van der Waals surface area contributed by atoms with Gasteiger partial charge in [0.25, 0.3) is 0 Å². The molecule has 0 heterocycles. The summed E-state index contributed by atoms with van der Waals surface area (Å²) in [7, 11) is 0. The molecule has 0 aliphatic heterocycles. The van der Waals surface area contributed by atoms with Crippen molar-refractivity contribution in [1.29, 1.82) is 0 Å². The summed E-state index contributed by atoms with van der Waals surface area (Å²) >= 11 is 0. The van der Waals surface area contributed by atoms with Crippen LogP contribution in [0.3, 0.4) is 0 Å². The zero-order chi connectivity index (χ0) is 17.9. The van der Waals surface area contributed by atoms with Crippen LogP contribution < -0.4 is 0 Å². The van der Waals surface area contributed by atoms with Gasteiger partial charge < -0.3 is 20.4 Å². The minimum atomic E-state index is -1.17. The highest BCUT2D eigenvalue weighted by Gasteiger charge is 2.58. The molecule has 2 unspecified atom stereocenters. The lowest BCUT2D eigenvalue weighted by atomic mass is 9.49. The van der Waals surface area contributed by atoms with E-state index in [1.165, 1.54) is 6.92 Å². The van der Waals surface area contributed by atoms with Gasteiger partial charge in [-0.3, -0.25) is 4.79 Å². The number of hydrogen-bond donors (Lipinski definition) is 4. The lowest BCUT2D eigenvalue weighted by Crippen LogP contribution is -2.54. The fraction of sp³-hybridized carbons (Fsp3) is 0.632. The van der Waals surface area contributed by atoms with Crippen LogP contribution in [-0.4, -0.2) is 26.4 Å². The van der Waals surface area contributed by atoms with Gasteiger partial charge in [0, 0.05) is 11.1 Å². The molecule has 0 aromatic heterocycles. The molecule has 5 heteroatoms. The first-order valence-corrected chi connectivity index (χ1v) is 8.62. The van der Waals surface area contributed by atoms with Gasteiger partial charge in [0.15, 0.2) is 11.5 Å². The number of phenols is 2. The Labute approximate surface area is 142 Å². The maximum Gasteiger partial charge on any atom is 0.314 e. The van der Waals surface area contributed by atoms with Crippen LogP contribution >= 0.6 is 0 Å². The Kier molecular flexibility index (Phi) is 3.83. The van der Waals surface area contributed by atoms with Crippen molar-refractivity contribution in [2.45, 2.75) is 64.4 Å². The lowest BCUT2D eigenvalue weighted by molar-refractivity contribution is -0.152. The molecule has 0 amide bonds. The average molecular weight is 334 g/mol. The molecule has 4 N–H and O–H groups in total. The fourth-order valence-electron chi connectivity index (χ4n) is 5.19. The molecule has 5 nitrogen and oxygen atoms in total. The zero-order valence-corrected chi connectivity index (χ0v) is 14.5. The lowest BCUT2D eigenvalue weighted by Gasteiger charge is -2.53. The quantitative estimate of drug-likeness (QED) is 0.622. The second-order valence-electron chi connectivity index (χ2n) is 8.08. The smallest absolute Gasteiger partial charge is 0.314 e. The van der Waals surface area contributed by atoms with Crippen molar-refractivity contribution in [2.75, 3.05) is 0 Å². The van der Waals surface area contributed by atoms with E-state index in [2.05, 4.69) is 13.8 Å². The number of fused-ring (bicyclic) bond motifs is 3. The van der Waals surface area contributed by atoms with E-state index in [1.807, 2.05) is 0 Å². The molecule has 2 aliphatic rings. The Bertz CT molecular complexity index is 691. The molecule has 0 spiro atoms. The van der Waals surface area contributed by atoms with Gasteiger partial charge in [-0.25, -0.2) is 0 Å². The molecule has 132 valence electrons. The highest BCUT2D eigenvalue weighted by atomic mass is 16.4. The van der Waals surface area contributed by atoms with Gasteiger partial charge in [-0.2, -0.15) is 0 Å². The van der Waals surface area contributed by atoms with E-state index >= 15 is 0 Å². The van der Waals surface area contributed by atoms with Crippen LogP contribution in [0.1, 0.15) is 69.2 Å². The van der Waals surface area contributed by atoms with E-state index in [4.69, 9.17) is 0 Å². The normalized spacial score (nSPS) is 29.4. The van der Waals surface area contributed by atoms with Crippen molar-refractivity contribution in [3.63, 3.8) is 0 Å². The van der Waals surface area contributed by atoms with Crippen molar-refractivity contribution >= 4 is 5.97 Å². The molecule has 3 atom stereocenters. The van der Waals surface area contributed by atoms with E-state index in [1.54, 1.807) is 6.07 Å². The van der Waals surface area contributed by atoms with Crippen LogP contribution in [0.2, 0.25) is 0 Å². The third-order valence-electron chi connectivity index (χ3n) is 6.30. The summed E-state index contributed by atoms with van der Waals surface area (Å²) < 4.78 is 0. The highest BCUT2D eigenvalue weighted by molar-refractivity contribution is 5.85. The molecule has 1 fully saturated rings. The maximum absolute atomic E-state index is 12.4. The van der Waals surface area contributed by atoms with Gasteiger partial charge in [0.05, 0.1) is 11.5 Å². The molecule has 1 aromatic carbocycles. The third-order valence-corrected chi connectivity index (χ3v) is 6.30. The summed E-state index contributed by atoms with van der Waals surface area (Å²) in [4.78, 5) is 12.4. The van der Waals surface area contributed by atoms with Crippen molar-refractivity contribution in [1.82, 2.24) is 0 Å². The topological polar surface area (TPSA) is 98.0 Å². The number of carboxylic acid groups (broad SMARTS) is 1. The first-order chi connectivity index (χ1) is 11.1. The van der Waals surface area contributed by atoms with Crippen LogP contribution in [0.5, 0.6) is 11.5 Å². The molecule has 24 heavy (non-hydrogen) atoms. The first kappa shape index (κ1) is 17.1. The number of aliphatic carboxylic acids is 1. The Morgan fingerprint density at radius 3 is 2.50 bits per heavy atom. The van der Waals surface area contributed by atoms with Gasteiger partial charge in [0.1, 0.15) is 0 Å². The minimum Gasteiger partial charge on any atom is -0.504 e. The van der Waals surface area contributed by atoms with Gasteiger partial charge in [-0.15, -0.1) is 0 Å². The Morgan fingerprint density at radius 1 is 1.25 bits per heavy atom. The third kappa shape index (κ3) is 2.14. The standard InChI is InChI=1S/C19H26O5/c1-10(20)12-9-11-5-6-13-18(2,3)7-4-8-19(13,17(23)24)14(11)16(22)15(12)21/h9-10,13,20-22H,4-8H2,1-3H3,(H,23,24)/t10?,13?,19-/m1/s1. The van der Waals surface area contributed by atoms with E-state index < -0.39 is 23.2 Å². The Hall–Kier alpha value is -1.75. The molecule has 1 aromatic rings. The Balaban J connectivity index is 2.31. The van der Waals surface area contributed by atoms with E-state index in [9.17, 15) is 25.2 Å². The first-order valence-electron chi connectivity index (χ1n) is 8.62. The largest absolute Gasteiger partial charge is 0.504 e. The summed E-state index contributed by atoms with van der Waals surface area (Å²) in [6, 6.07) is 1.66. The highest BCUT2D eigenvalue weighted by Crippen LogP contribution is 2.60. The summed E-state index contributed by atoms with van der Waals surface area (Å²) in [5.41, 5.74) is 0.0340. The Morgan fingerprint density at radius 2 is 1.92 bits per heavy atom. The monoisotopic (exact) mass is 334 g/mol. The van der Waals surface area contributed by atoms with Crippen LogP contribution in [-0.2, 0) is 16.6 Å². The van der Waals surface area contributed by atoms with E-state index in [-0.39, 0.29) is 22.6 Å².